The predicted octanol–water partition coefficient (Wildman–Crippen LogP) is 2.09. The van der Waals surface area contributed by atoms with Crippen LogP contribution in [0.5, 0.6) is 0 Å². The van der Waals surface area contributed by atoms with Crippen LogP contribution in [0, 0.1) is 24.6 Å². The van der Waals surface area contributed by atoms with Crippen molar-refractivity contribution in [1.82, 2.24) is 4.98 Å². The summed E-state index contributed by atoms with van der Waals surface area (Å²) in [4.78, 5) is 16.2. The van der Waals surface area contributed by atoms with Crippen molar-refractivity contribution in [2.24, 2.45) is 5.73 Å². The summed E-state index contributed by atoms with van der Waals surface area (Å²) in [6.45, 7) is 1.96. The Morgan fingerprint density at radius 2 is 2.24 bits per heavy atom. The van der Waals surface area contributed by atoms with Crippen molar-refractivity contribution in [3.63, 3.8) is 0 Å². The van der Waals surface area contributed by atoms with Gasteiger partial charge in [-0.2, -0.15) is 0 Å². The third kappa shape index (κ3) is 3.65. The van der Waals surface area contributed by atoms with Gasteiger partial charge in [0.05, 0.1) is 23.4 Å². The summed E-state index contributed by atoms with van der Waals surface area (Å²) in [5, 5.41) is 2.53. The highest BCUT2D eigenvalue weighted by atomic mass is 19.1. The van der Waals surface area contributed by atoms with Crippen molar-refractivity contribution in [3.05, 3.63) is 59.2 Å². The van der Waals surface area contributed by atoms with Crippen LogP contribution < -0.4 is 11.1 Å². The van der Waals surface area contributed by atoms with Crippen LogP contribution in [-0.2, 0) is 0 Å². The van der Waals surface area contributed by atoms with Crippen molar-refractivity contribution in [1.29, 1.82) is 0 Å². The molecule has 21 heavy (non-hydrogen) atoms. The van der Waals surface area contributed by atoms with Gasteiger partial charge in [-0.25, -0.2) is 4.39 Å². The van der Waals surface area contributed by atoms with Gasteiger partial charge in [0.1, 0.15) is 5.82 Å². The second-order valence-electron chi connectivity index (χ2n) is 4.36. The van der Waals surface area contributed by atoms with E-state index >= 15 is 0 Å². The standard InChI is InChI=1S/C16H14FN3O/c1-11-4-5-15(14(17)9-11)20-16(21)13-6-8-19-10-12(13)3-2-7-18/h4-6,8-10H,7,18H2,1H3,(H,20,21). The average Bonchev–Trinajstić information content (AvgIpc) is 2.48. The minimum atomic E-state index is -0.480. The Bertz CT molecular complexity index is 732. The maximum Gasteiger partial charge on any atom is 0.257 e. The molecule has 0 radical (unpaired) electrons. The number of amides is 1. The highest BCUT2D eigenvalue weighted by molar-refractivity contribution is 6.05. The Kier molecular flexibility index (Phi) is 4.64. The van der Waals surface area contributed by atoms with Crippen molar-refractivity contribution in [2.75, 3.05) is 11.9 Å². The SMILES string of the molecule is Cc1ccc(NC(=O)c2ccncc2C#CCN)c(F)c1. The Balaban J connectivity index is 2.28. The number of nitrogens with two attached hydrogens (primary N) is 1. The smallest absolute Gasteiger partial charge is 0.257 e. The lowest BCUT2D eigenvalue weighted by molar-refractivity contribution is 0.102. The molecule has 4 nitrogen and oxygen atoms in total. The summed E-state index contributed by atoms with van der Waals surface area (Å²) in [5.74, 6) is 4.51. The van der Waals surface area contributed by atoms with E-state index in [0.29, 0.717) is 11.1 Å². The van der Waals surface area contributed by atoms with Gasteiger partial charge in [-0.05, 0) is 30.7 Å². The van der Waals surface area contributed by atoms with Gasteiger partial charge < -0.3 is 11.1 Å². The van der Waals surface area contributed by atoms with Crippen LogP contribution in [0.1, 0.15) is 21.5 Å². The van der Waals surface area contributed by atoms with Crippen LogP contribution in [0.2, 0.25) is 0 Å². The lowest BCUT2D eigenvalue weighted by Crippen LogP contribution is -2.14. The molecule has 0 saturated heterocycles. The molecule has 0 fully saturated rings. The number of halogens is 1. The number of carbonyl (C=O) groups is 1. The van der Waals surface area contributed by atoms with E-state index in [2.05, 4.69) is 22.1 Å². The van der Waals surface area contributed by atoms with Gasteiger partial charge >= 0.3 is 0 Å². The number of rotatable bonds is 2. The summed E-state index contributed by atoms with van der Waals surface area (Å²) in [7, 11) is 0. The first kappa shape index (κ1) is 14.7. The first-order valence-corrected chi connectivity index (χ1v) is 6.32. The molecule has 2 aromatic rings. The van der Waals surface area contributed by atoms with Crippen molar-refractivity contribution >= 4 is 11.6 Å². The van der Waals surface area contributed by atoms with E-state index in [-0.39, 0.29) is 12.2 Å². The summed E-state index contributed by atoms with van der Waals surface area (Å²) in [6.07, 6.45) is 2.96. The summed E-state index contributed by atoms with van der Waals surface area (Å²) < 4.78 is 13.8. The van der Waals surface area contributed by atoms with E-state index in [1.54, 1.807) is 13.0 Å². The molecule has 0 saturated carbocycles. The number of aromatic nitrogens is 1. The predicted molar refractivity (Wildman–Crippen MR) is 79.3 cm³/mol. The second-order valence-corrected chi connectivity index (χ2v) is 4.36. The molecule has 0 aliphatic rings. The lowest BCUT2D eigenvalue weighted by atomic mass is 10.1. The van der Waals surface area contributed by atoms with Gasteiger partial charge in [-0.1, -0.05) is 17.9 Å². The number of hydrogen-bond acceptors (Lipinski definition) is 3. The highest BCUT2D eigenvalue weighted by Gasteiger charge is 2.12. The topological polar surface area (TPSA) is 68.0 Å². The number of pyridine rings is 1. The van der Waals surface area contributed by atoms with E-state index in [1.807, 2.05) is 0 Å². The van der Waals surface area contributed by atoms with E-state index in [4.69, 9.17) is 5.73 Å². The molecule has 0 atom stereocenters. The molecule has 0 aliphatic carbocycles. The molecule has 1 heterocycles. The molecule has 1 amide bonds. The van der Waals surface area contributed by atoms with Crippen molar-refractivity contribution in [2.45, 2.75) is 6.92 Å². The van der Waals surface area contributed by atoms with Gasteiger partial charge in [0.15, 0.2) is 0 Å². The fraction of sp³-hybridized carbons (Fsp3) is 0.125. The number of anilines is 1. The number of nitrogens with zero attached hydrogens (tertiary/aromatic N) is 1. The molecular formula is C16H14FN3O. The number of carbonyl (C=O) groups excluding carboxylic acids is 1. The van der Waals surface area contributed by atoms with Gasteiger partial charge in [0, 0.05) is 12.4 Å². The molecule has 1 aromatic heterocycles. The zero-order valence-electron chi connectivity index (χ0n) is 11.5. The second kappa shape index (κ2) is 6.64. The number of hydrogen-bond donors (Lipinski definition) is 2. The molecule has 1 aromatic carbocycles. The molecule has 0 unspecified atom stereocenters. The highest BCUT2D eigenvalue weighted by Crippen LogP contribution is 2.17. The molecule has 2 rings (SSSR count). The quantitative estimate of drug-likeness (QED) is 0.829. The number of aryl methyl sites for hydroxylation is 1. The Morgan fingerprint density at radius 1 is 1.43 bits per heavy atom. The largest absolute Gasteiger partial charge is 0.320 e. The monoisotopic (exact) mass is 283 g/mol. The van der Waals surface area contributed by atoms with Gasteiger partial charge in [0.2, 0.25) is 0 Å². The minimum Gasteiger partial charge on any atom is -0.320 e. The zero-order valence-corrected chi connectivity index (χ0v) is 11.5. The van der Waals surface area contributed by atoms with Crippen molar-refractivity contribution in [3.8, 4) is 11.8 Å². The van der Waals surface area contributed by atoms with E-state index in [0.717, 1.165) is 5.56 Å². The van der Waals surface area contributed by atoms with Crippen LogP contribution >= 0.6 is 0 Å². The lowest BCUT2D eigenvalue weighted by Gasteiger charge is -2.08. The fourth-order valence-electron chi connectivity index (χ4n) is 1.75. The molecule has 106 valence electrons. The normalized spacial score (nSPS) is 9.67. The van der Waals surface area contributed by atoms with E-state index in [1.165, 1.54) is 30.6 Å². The van der Waals surface area contributed by atoms with Crippen LogP contribution in [0.15, 0.2) is 36.7 Å². The summed E-state index contributed by atoms with van der Waals surface area (Å²) >= 11 is 0. The van der Waals surface area contributed by atoms with Gasteiger partial charge in [0.25, 0.3) is 5.91 Å². The molecule has 0 aliphatic heterocycles. The Morgan fingerprint density at radius 3 is 2.95 bits per heavy atom. The fourth-order valence-corrected chi connectivity index (χ4v) is 1.75. The van der Waals surface area contributed by atoms with E-state index in [9.17, 15) is 9.18 Å². The molecule has 3 N–H and O–H groups in total. The molecular weight excluding hydrogens is 269 g/mol. The third-order valence-corrected chi connectivity index (χ3v) is 2.76. The maximum absolute atomic E-state index is 13.8. The zero-order chi connectivity index (χ0) is 15.2. The summed E-state index contributed by atoms with van der Waals surface area (Å²) in [5.41, 5.74) is 7.00. The summed E-state index contributed by atoms with van der Waals surface area (Å²) in [6, 6.07) is 6.13. The molecule has 0 bridgehead atoms. The third-order valence-electron chi connectivity index (χ3n) is 2.76. The molecule has 0 spiro atoms. The van der Waals surface area contributed by atoms with Gasteiger partial charge in [-0.3, -0.25) is 9.78 Å². The van der Waals surface area contributed by atoms with Crippen LogP contribution in [-0.4, -0.2) is 17.4 Å². The van der Waals surface area contributed by atoms with Gasteiger partial charge in [-0.15, -0.1) is 0 Å². The molecule has 5 heteroatoms. The average molecular weight is 283 g/mol. The Hall–Kier alpha value is -2.71. The van der Waals surface area contributed by atoms with Crippen LogP contribution in [0.4, 0.5) is 10.1 Å². The van der Waals surface area contributed by atoms with Crippen LogP contribution in [0.25, 0.3) is 0 Å². The first-order chi connectivity index (χ1) is 10.1. The maximum atomic E-state index is 13.8. The number of nitrogens with one attached hydrogen (secondary N) is 1. The Labute approximate surface area is 122 Å². The van der Waals surface area contributed by atoms with Crippen LogP contribution in [0.3, 0.4) is 0 Å². The van der Waals surface area contributed by atoms with Crippen molar-refractivity contribution < 1.29 is 9.18 Å². The number of benzene rings is 1. The minimum absolute atomic E-state index is 0.125. The van der Waals surface area contributed by atoms with E-state index < -0.39 is 11.7 Å². The first-order valence-electron chi connectivity index (χ1n) is 6.32.